The second-order valence-corrected chi connectivity index (χ2v) is 6.34. The third-order valence-corrected chi connectivity index (χ3v) is 4.66. The van der Waals surface area contributed by atoms with Gasteiger partial charge in [-0.15, -0.1) is 0 Å². The Morgan fingerprint density at radius 1 is 1.40 bits per heavy atom. The maximum Gasteiger partial charge on any atom is 0.269 e. The maximum atomic E-state index is 12.2. The second kappa shape index (κ2) is 5.55. The summed E-state index contributed by atoms with van der Waals surface area (Å²) in [7, 11) is -3.66. The van der Waals surface area contributed by atoms with Crippen molar-refractivity contribution in [1.29, 1.82) is 0 Å². The number of non-ortho nitro benzene ring substituents is 1. The van der Waals surface area contributed by atoms with Crippen molar-refractivity contribution in [3.63, 3.8) is 0 Å². The van der Waals surface area contributed by atoms with Crippen molar-refractivity contribution in [3.8, 4) is 0 Å². The molecular weight excluding hydrogens is 286 g/mol. The Kier molecular flexibility index (Phi) is 4.00. The molecule has 8 nitrogen and oxygen atoms in total. The van der Waals surface area contributed by atoms with Gasteiger partial charge in [0.05, 0.1) is 17.2 Å². The van der Waals surface area contributed by atoms with Gasteiger partial charge in [-0.1, -0.05) is 12.1 Å². The van der Waals surface area contributed by atoms with Gasteiger partial charge in [0.2, 0.25) is 15.9 Å². The topological polar surface area (TPSA) is 110 Å². The Bertz CT molecular complexity index is 643. The number of nitro benzene ring substituents is 1. The van der Waals surface area contributed by atoms with E-state index in [1.807, 2.05) is 0 Å². The van der Waals surface area contributed by atoms with Crippen molar-refractivity contribution in [2.45, 2.75) is 5.75 Å². The van der Waals surface area contributed by atoms with Crippen molar-refractivity contribution in [3.05, 3.63) is 39.9 Å². The van der Waals surface area contributed by atoms with E-state index < -0.39 is 14.9 Å². The van der Waals surface area contributed by atoms with Gasteiger partial charge in [-0.25, -0.2) is 8.42 Å². The summed E-state index contributed by atoms with van der Waals surface area (Å²) >= 11 is 0. The zero-order valence-corrected chi connectivity index (χ0v) is 11.3. The van der Waals surface area contributed by atoms with Crippen molar-refractivity contribution < 1.29 is 18.1 Å². The molecule has 0 atom stereocenters. The highest BCUT2D eigenvalue weighted by atomic mass is 32.2. The first-order valence-corrected chi connectivity index (χ1v) is 7.47. The molecule has 9 heteroatoms. The molecule has 0 spiro atoms. The summed E-state index contributed by atoms with van der Waals surface area (Å²) < 4.78 is 25.4. The Morgan fingerprint density at radius 3 is 2.80 bits per heavy atom. The Hall–Kier alpha value is -2.00. The van der Waals surface area contributed by atoms with E-state index in [2.05, 4.69) is 5.32 Å². The third-order valence-electron chi connectivity index (χ3n) is 2.87. The number of nitrogens with zero attached hydrogens (tertiary/aromatic N) is 2. The van der Waals surface area contributed by atoms with Gasteiger partial charge in [-0.05, 0) is 5.56 Å². The average molecular weight is 299 g/mol. The van der Waals surface area contributed by atoms with Crippen LogP contribution in [0.3, 0.4) is 0 Å². The number of carbonyl (C=O) groups is 1. The fourth-order valence-corrected chi connectivity index (χ4v) is 3.38. The standard InChI is InChI=1S/C11H13N3O5S/c15-11-7-13(5-4-12-11)20(18,19)8-9-2-1-3-10(6-9)14(16)17/h1-3,6H,4-5,7-8H2,(H,12,15). The molecule has 1 fully saturated rings. The van der Waals surface area contributed by atoms with Gasteiger partial charge in [0.15, 0.2) is 0 Å². The summed E-state index contributed by atoms with van der Waals surface area (Å²) in [5, 5.41) is 13.2. The average Bonchev–Trinajstić information content (AvgIpc) is 2.38. The lowest BCUT2D eigenvalue weighted by molar-refractivity contribution is -0.384. The Labute approximate surface area is 115 Å². The summed E-state index contributed by atoms with van der Waals surface area (Å²) in [6.45, 7) is 0.271. The zero-order valence-electron chi connectivity index (χ0n) is 10.5. The van der Waals surface area contributed by atoms with Gasteiger partial charge in [0, 0.05) is 25.2 Å². The maximum absolute atomic E-state index is 12.2. The molecule has 2 rings (SSSR count). The Morgan fingerprint density at radius 2 is 2.15 bits per heavy atom. The van der Waals surface area contributed by atoms with E-state index in [1.54, 1.807) is 0 Å². The molecule has 0 saturated carbocycles. The molecule has 1 aromatic carbocycles. The number of piperazine rings is 1. The number of amides is 1. The molecule has 20 heavy (non-hydrogen) atoms. The minimum atomic E-state index is -3.66. The van der Waals surface area contributed by atoms with E-state index in [0.717, 1.165) is 4.31 Å². The van der Waals surface area contributed by atoms with Crippen LogP contribution in [0.25, 0.3) is 0 Å². The highest BCUT2D eigenvalue weighted by Gasteiger charge is 2.27. The zero-order chi connectivity index (χ0) is 14.8. The van der Waals surface area contributed by atoms with Crippen LogP contribution in [-0.2, 0) is 20.6 Å². The lowest BCUT2D eigenvalue weighted by Gasteiger charge is -2.25. The van der Waals surface area contributed by atoms with Crippen LogP contribution in [0.5, 0.6) is 0 Å². The number of sulfonamides is 1. The van der Waals surface area contributed by atoms with Crippen LogP contribution < -0.4 is 5.32 Å². The highest BCUT2D eigenvalue weighted by Crippen LogP contribution is 2.17. The molecule has 1 amide bonds. The van der Waals surface area contributed by atoms with Crippen LogP contribution in [0.2, 0.25) is 0 Å². The van der Waals surface area contributed by atoms with Crippen LogP contribution in [0.1, 0.15) is 5.56 Å². The molecule has 108 valence electrons. The van der Waals surface area contributed by atoms with Crippen LogP contribution in [0.15, 0.2) is 24.3 Å². The van der Waals surface area contributed by atoms with E-state index in [9.17, 15) is 23.3 Å². The normalized spacial score (nSPS) is 16.7. The molecule has 1 N–H and O–H groups in total. The quantitative estimate of drug-likeness (QED) is 0.614. The minimum absolute atomic E-state index is 0.158. The number of rotatable bonds is 4. The van der Waals surface area contributed by atoms with Gasteiger partial charge in [0.25, 0.3) is 5.69 Å². The monoisotopic (exact) mass is 299 g/mol. The van der Waals surface area contributed by atoms with Crippen LogP contribution in [0, 0.1) is 10.1 Å². The first-order valence-electron chi connectivity index (χ1n) is 5.86. The first-order chi connectivity index (χ1) is 9.38. The van der Waals surface area contributed by atoms with Crippen molar-refractivity contribution in [2.75, 3.05) is 19.6 Å². The van der Waals surface area contributed by atoms with E-state index >= 15 is 0 Å². The molecule has 1 aliphatic rings. The lowest BCUT2D eigenvalue weighted by atomic mass is 10.2. The summed E-state index contributed by atoms with van der Waals surface area (Å²) in [5.74, 6) is -0.707. The molecule has 0 aliphatic carbocycles. The number of benzene rings is 1. The van der Waals surface area contributed by atoms with Gasteiger partial charge in [0.1, 0.15) is 0 Å². The third kappa shape index (κ3) is 3.31. The molecule has 0 bridgehead atoms. The van der Waals surface area contributed by atoms with Crippen LogP contribution in [0.4, 0.5) is 5.69 Å². The second-order valence-electron chi connectivity index (χ2n) is 4.37. The van der Waals surface area contributed by atoms with Crippen molar-refractivity contribution in [2.24, 2.45) is 0 Å². The summed E-state index contributed by atoms with van der Waals surface area (Å²) in [5.41, 5.74) is 0.166. The predicted octanol–water partition coefficient (Wildman–Crippen LogP) is -0.144. The Balaban J connectivity index is 2.17. The lowest BCUT2D eigenvalue weighted by Crippen LogP contribution is -2.50. The molecule has 1 heterocycles. The molecule has 0 radical (unpaired) electrons. The largest absolute Gasteiger partial charge is 0.354 e. The smallest absolute Gasteiger partial charge is 0.269 e. The van der Waals surface area contributed by atoms with E-state index in [0.29, 0.717) is 5.56 Å². The van der Waals surface area contributed by atoms with Crippen LogP contribution >= 0.6 is 0 Å². The van der Waals surface area contributed by atoms with Crippen LogP contribution in [-0.4, -0.2) is 43.2 Å². The number of nitro groups is 1. The summed E-state index contributed by atoms with van der Waals surface area (Å²) in [6, 6.07) is 5.46. The molecule has 0 aromatic heterocycles. The molecule has 1 aromatic rings. The number of carbonyl (C=O) groups excluding carboxylic acids is 1. The van der Waals surface area contributed by atoms with Crippen molar-refractivity contribution >= 4 is 21.6 Å². The fourth-order valence-electron chi connectivity index (χ4n) is 1.91. The van der Waals surface area contributed by atoms with E-state index in [-0.39, 0.29) is 37.0 Å². The molecule has 1 saturated heterocycles. The van der Waals surface area contributed by atoms with E-state index in [1.165, 1.54) is 24.3 Å². The molecule has 0 unspecified atom stereocenters. The van der Waals surface area contributed by atoms with Crippen molar-refractivity contribution in [1.82, 2.24) is 9.62 Å². The molecule has 1 aliphatic heterocycles. The van der Waals surface area contributed by atoms with E-state index in [4.69, 9.17) is 0 Å². The molecular formula is C11H13N3O5S. The SMILES string of the molecule is O=C1CN(S(=O)(=O)Cc2cccc([N+](=O)[O-])c2)CCN1. The number of nitrogens with one attached hydrogen (secondary N) is 1. The van der Waals surface area contributed by atoms with Gasteiger partial charge >= 0.3 is 0 Å². The fraction of sp³-hybridized carbons (Fsp3) is 0.364. The highest BCUT2D eigenvalue weighted by molar-refractivity contribution is 7.88. The van der Waals surface area contributed by atoms with Gasteiger partial charge < -0.3 is 5.32 Å². The number of hydrogen-bond acceptors (Lipinski definition) is 5. The first kappa shape index (κ1) is 14.4. The number of hydrogen-bond donors (Lipinski definition) is 1. The summed E-state index contributed by atoms with van der Waals surface area (Å²) in [4.78, 5) is 21.3. The predicted molar refractivity (Wildman–Crippen MR) is 70.3 cm³/mol. The summed E-state index contributed by atoms with van der Waals surface area (Å²) in [6.07, 6.45) is 0. The van der Waals surface area contributed by atoms with Gasteiger partial charge in [-0.2, -0.15) is 4.31 Å². The van der Waals surface area contributed by atoms with Gasteiger partial charge in [-0.3, -0.25) is 14.9 Å². The minimum Gasteiger partial charge on any atom is -0.354 e.